The molecule has 2 aromatic rings. The van der Waals surface area contributed by atoms with Crippen LogP contribution in [0.5, 0.6) is 5.75 Å². The Bertz CT molecular complexity index is 818. The molecule has 2 nitrogen and oxygen atoms in total. The third kappa shape index (κ3) is 3.93. The molecule has 1 aliphatic heterocycles. The van der Waals surface area contributed by atoms with E-state index in [-0.39, 0.29) is 10.8 Å². The Balaban J connectivity index is 2.06. The van der Waals surface area contributed by atoms with E-state index in [1.807, 2.05) is 11.8 Å². The Morgan fingerprint density at radius 1 is 0.962 bits per heavy atom. The van der Waals surface area contributed by atoms with Gasteiger partial charge in [-0.3, -0.25) is 0 Å². The number of hydrogen-bond acceptors (Lipinski definition) is 3. The molecule has 0 atom stereocenters. The first kappa shape index (κ1) is 18.9. The van der Waals surface area contributed by atoms with E-state index in [2.05, 4.69) is 89.3 Å². The number of rotatable bonds is 1. The van der Waals surface area contributed by atoms with Crippen LogP contribution in [0.3, 0.4) is 0 Å². The third-order valence-electron chi connectivity index (χ3n) is 4.66. The van der Waals surface area contributed by atoms with Gasteiger partial charge in [-0.1, -0.05) is 65.4 Å². The molecule has 1 heterocycles. The van der Waals surface area contributed by atoms with E-state index in [1.165, 1.54) is 15.5 Å². The number of hydrogen-bond donors (Lipinski definition) is 2. The van der Waals surface area contributed by atoms with Crippen LogP contribution in [-0.2, 0) is 10.8 Å². The van der Waals surface area contributed by atoms with E-state index in [0.717, 1.165) is 23.2 Å². The zero-order chi connectivity index (χ0) is 19.1. The summed E-state index contributed by atoms with van der Waals surface area (Å²) < 4.78 is 0. The van der Waals surface area contributed by atoms with Gasteiger partial charge in [-0.15, -0.1) is 0 Å². The summed E-state index contributed by atoms with van der Waals surface area (Å²) in [6, 6.07) is 12.7. The SMILES string of the molecule is CC(C)(C)c1cc(/C=C2\CNc3ccccc3S2)cc(C(C)(C)C)c1O. The summed E-state index contributed by atoms with van der Waals surface area (Å²) in [6.07, 6.45) is 2.25. The number of thioether (sulfide) groups is 1. The van der Waals surface area contributed by atoms with Gasteiger partial charge in [0.15, 0.2) is 0 Å². The van der Waals surface area contributed by atoms with E-state index in [0.29, 0.717) is 5.75 Å². The topological polar surface area (TPSA) is 32.3 Å². The number of para-hydroxylation sites is 1. The molecule has 0 bridgehead atoms. The monoisotopic (exact) mass is 367 g/mol. The minimum Gasteiger partial charge on any atom is -0.507 e. The number of phenols is 1. The Labute approximate surface area is 161 Å². The normalized spacial score (nSPS) is 16.3. The summed E-state index contributed by atoms with van der Waals surface area (Å²) in [4.78, 5) is 2.55. The van der Waals surface area contributed by atoms with Crippen LogP contribution in [0.4, 0.5) is 5.69 Å². The van der Waals surface area contributed by atoms with Crippen molar-refractivity contribution in [2.75, 3.05) is 11.9 Å². The first-order chi connectivity index (χ1) is 12.1. The minimum absolute atomic E-state index is 0.108. The molecule has 0 radical (unpaired) electrons. The van der Waals surface area contributed by atoms with Crippen LogP contribution < -0.4 is 5.32 Å². The molecule has 138 valence electrons. The molecular formula is C23H29NOS. The molecule has 0 spiro atoms. The molecule has 3 heteroatoms. The average Bonchev–Trinajstić information content (AvgIpc) is 2.54. The quantitative estimate of drug-likeness (QED) is 0.600. The highest BCUT2D eigenvalue weighted by Gasteiger charge is 2.26. The highest BCUT2D eigenvalue weighted by molar-refractivity contribution is 8.03. The maximum absolute atomic E-state index is 10.9. The fourth-order valence-electron chi connectivity index (χ4n) is 3.21. The number of phenolic OH excluding ortho intramolecular Hbond substituents is 1. The highest BCUT2D eigenvalue weighted by Crippen LogP contribution is 2.42. The lowest BCUT2D eigenvalue weighted by molar-refractivity contribution is 0.423. The van der Waals surface area contributed by atoms with Crippen molar-refractivity contribution in [3.8, 4) is 5.75 Å². The lowest BCUT2D eigenvalue weighted by Crippen LogP contribution is -2.17. The maximum Gasteiger partial charge on any atom is 0.123 e. The van der Waals surface area contributed by atoms with Crippen LogP contribution in [0.25, 0.3) is 6.08 Å². The van der Waals surface area contributed by atoms with Crippen molar-refractivity contribution >= 4 is 23.5 Å². The molecule has 0 saturated carbocycles. The lowest BCUT2D eigenvalue weighted by Gasteiger charge is -2.28. The molecule has 0 aromatic heterocycles. The van der Waals surface area contributed by atoms with Crippen molar-refractivity contribution in [1.82, 2.24) is 0 Å². The number of aromatic hydroxyl groups is 1. The zero-order valence-corrected chi connectivity index (χ0v) is 17.4. The Hall–Kier alpha value is -1.87. The summed E-state index contributed by atoms with van der Waals surface area (Å²) >= 11 is 1.82. The molecule has 0 aliphatic carbocycles. The van der Waals surface area contributed by atoms with Crippen molar-refractivity contribution in [1.29, 1.82) is 0 Å². The molecule has 2 N–H and O–H groups in total. The van der Waals surface area contributed by atoms with E-state index in [9.17, 15) is 5.11 Å². The van der Waals surface area contributed by atoms with Gasteiger partial charge in [-0.25, -0.2) is 0 Å². The molecule has 3 rings (SSSR count). The van der Waals surface area contributed by atoms with Gasteiger partial charge in [0, 0.05) is 33.2 Å². The summed E-state index contributed by atoms with van der Waals surface area (Å²) in [6.45, 7) is 13.7. The average molecular weight is 368 g/mol. The molecule has 1 aliphatic rings. The Morgan fingerprint density at radius 2 is 1.54 bits per heavy atom. The van der Waals surface area contributed by atoms with Crippen molar-refractivity contribution in [3.63, 3.8) is 0 Å². The number of anilines is 1. The van der Waals surface area contributed by atoms with Gasteiger partial charge in [0.1, 0.15) is 5.75 Å². The summed E-state index contributed by atoms with van der Waals surface area (Å²) in [5.41, 5.74) is 4.15. The third-order valence-corrected chi connectivity index (χ3v) is 5.76. The van der Waals surface area contributed by atoms with Crippen molar-refractivity contribution < 1.29 is 5.11 Å². The Morgan fingerprint density at radius 3 is 2.12 bits per heavy atom. The molecular weight excluding hydrogens is 338 g/mol. The van der Waals surface area contributed by atoms with Gasteiger partial charge in [-0.05, 0) is 46.7 Å². The maximum atomic E-state index is 10.9. The predicted molar refractivity (Wildman–Crippen MR) is 114 cm³/mol. The largest absolute Gasteiger partial charge is 0.507 e. The van der Waals surface area contributed by atoms with Crippen LogP contribution in [0, 0.1) is 0 Å². The molecule has 0 fully saturated rings. The minimum atomic E-state index is -0.108. The second-order valence-electron chi connectivity index (χ2n) is 9.03. The van der Waals surface area contributed by atoms with E-state index in [1.54, 1.807) is 0 Å². The van der Waals surface area contributed by atoms with Crippen molar-refractivity contribution in [2.24, 2.45) is 0 Å². The summed E-state index contributed by atoms with van der Waals surface area (Å²) in [5, 5.41) is 14.4. The molecule has 26 heavy (non-hydrogen) atoms. The second kappa shape index (κ2) is 6.70. The predicted octanol–water partition coefficient (Wildman–Crippen LogP) is 6.55. The number of benzene rings is 2. The van der Waals surface area contributed by atoms with Crippen LogP contribution >= 0.6 is 11.8 Å². The number of nitrogens with one attached hydrogen (secondary N) is 1. The van der Waals surface area contributed by atoms with Crippen molar-refractivity contribution in [2.45, 2.75) is 57.3 Å². The number of fused-ring (bicyclic) bond motifs is 1. The second-order valence-corrected chi connectivity index (χ2v) is 10.2. The Kier molecular flexibility index (Phi) is 4.87. The van der Waals surface area contributed by atoms with E-state index in [4.69, 9.17) is 0 Å². The van der Waals surface area contributed by atoms with Crippen LogP contribution in [0.15, 0.2) is 46.2 Å². The van der Waals surface area contributed by atoms with Gasteiger partial charge >= 0.3 is 0 Å². The van der Waals surface area contributed by atoms with E-state index < -0.39 is 0 Å². The van der Waals surface area contributed by atoms with Crippen molar-refractivity contribution in [3.05, 3.63) is 58.0 Å². The molecule has 0 saturated heterocycles. The summed E-state index contributed by atoms with van der Waals surface area (Å²) in [5.74, 6) is 0.437. The zero-order valence-electron chi connectivity index (χ0n) is 16.6. The fraction of sp³-hybridized carbons (Fsp3) is 0.391. The first-order valence-corrected chi connectivity index (χ1v) is 9.96. The molecule has 0 unspecified atom stereocenters. The van der Waals surface area contributed by atoms with Gasteiger partial charge in [0.25, 0.3) is 0 Å². The van der Waals surface area contributed by atoms with Gasteiger partial charge in [0.2, 0.25) is 0 Å². The van der Waals surface area contributed by atoms with Crippen LogP contribution in [0.1, 0.15) is 58.2 Å². The molecule has 2 aromatic carbocycles. The van der Waals surface area contributed by atoms with Gasteiger partial charge in [-0.2, -0.15) is 0 Å². The van der Waals surface area contributed by atoms with Crippen LogP contribution in [0.2, 0.25) is 0 Å². The fourth-order valence-corrected chi connectivity index (χ4v) is 4.23. The molecule has 0 amide bonds. The van der Waals surface area contributed by atoms with Gasteiger partial charge < -0.3 is 10.4 Å². The van der Waals surface area contributed by atoms with Gasteiger partial charge in [0.05, 0.1) is 0 Å². The highest BCUT2D eigenvalue weighted by atomic mass is 32.2. The lowest BCUT2D eigenvalue weighted by atomic mass is 9.78. The van der Waals surface area contributed by atoms with E-state index >= 15 is 0 Å². The summed E-state index contributed by atoms with van der Waals surface area (Å²) in [7, 11) is 0. The standard InChI is InChI=1S/C23H29NOS/c1-22(2,3)17-12-15(13-18(21(17)25)23(4,5)6)11-16-14-24-19-9-7-8-10-20(19)26-16/h7-13,24-25H,14H2,1-6H3/b16-11+. The smallest absolute Gasteiger partial charge is 0.123 e. The first-order valence-electron chi connectivity index (χ1n) is 9.15. The van der Waals surface area contributed by atoms with Crippen LogP contribution in [-0.4, -0.2) is 11.7 Å².